The van der Waals surface area contributed by atoms with Gasteiger partial charge in [-0.05, 0) is 12.1 Å². The number of rotatable bonds is 3. The van der Waals surface area contributed by atoms with E-state index in [1.54, 1.807) is 24.3 Å². The molecule has 0 spiro atoms. The summed E-state index contributed by atoms with van der Waals surface area (Å²) in [5.41, 5.74) is 0.191. The second-order valence-corrected chi connectivity index (χ2v) is 4.05. The van der Waals surface area contributed by atoms with E-state index in [2.05, 4.69) is 0 Å². The smallest absolute Gasteiger partial charge is 0.247 e. The van der Waals surface area contributed by atoms with Gasteiger partial charge >= 0.3 is 0 Å². The van der Waals surface area contributed by atoms with Crippen LogP contribution in [0.2, 0.25) is 5.02 Å². The van der Waals surface area contributed by atoms with Crippen LogP contribution in [0.15, 0.2) is 24.3 Å². The van der Waals surface area contributed by atoms with Crippen LogP contribution in [0.4, 0.5) is 0 Å². The molecule has 0 bridgehead atoms. The van der Waals surface area contributed by atoms with Crippen molar-refractivity contribution in [3.8, 4) is 6.07 Å². The summed E-state index contributed by atoms with van der Waals surface area (Å²) in [5.74, 6) is -2.46. The molecule has 0 aliphatic carbocycles. The van der Waals surface area contributed by atoms with Gasteiger partial charge in [0.1, 0.15) is 0 Å². The molecule has 1 unspecified atom stereocenters. The topological polar surface area (TPSA) is 61.2 Å². The van der Waals surface area contributed by atoms with Gasteiger partial charge in [0.05, 0.1) is 11.1 Å². The number of halogens is 1. The van der Waals surface area contributed by atoms with Crippen molar-refractivity contribution in [2.45, 2.75) is 0 Å². The Kier molecular flexibility index (Phi) is 4.24. The van der Waals surface area contributed by atoms with Crippen molar-refractivity contribution in [3.63, 3.8) is 0 Å². The fraction of sp³-hybridized carbons (Fsp3) is 0.250. The van der Waals surface area contributed by atoms with Gasteiger partial charge in [0.15, 0.2) is 11.7 Å². The maximum Gasteiger partial charge on any atom is 0.247 e. The van der Waals surface area contributed by atoms with E-state index in [1.165, 1.54) is 25.1 Å². The molecule has 0 aromatic heterocycles. The molecule has 88 valence electrons. The highest BCUT2D eigenvalue weighted by atomic mass is 35.5. The molecule has 1 atom stereocenters. The number of nitrogens with zero attached hydrogens (tertiary/aromatic N) is 2. The molecule has 0 aliphatic rings. The van der Waals surface area contributed by atoms with Gasteiger partial charge in [-0.15, -0.1) is 0 Å². The summed E-state index contributed by atoms with van der Waals surface area (Å²) in [4.78, 5) is 24.8. The van der Waals surface area contributed by atoms with Crippen molar-refractivity contribution >= 4 is 23.3 Å². The van der Waals surface area contributed by atoms with Crippen LogP contribution in [0.1, 0.15) is 10.4 Å². The van der Waals surface area contributed by atoms with Gasteiger partial charge in [-0.2, -0.15) is 5.26 Å². The Morgan fingerprint density at radius 3 is 2.41 bits per heavy atom. The summed E-state index contributed by atoms with van der Waals surface area (Å²) in [6.07, 6.45) is 0. The molecule has 0 saturated carbocycles. The summed E-state index contributed by atoms with van der Waals surface area (Å²) in [6.45, 7) is 0. The normalized spacial score (nSPS) is 11.4. The number of benzene rings is 1. The SMILES string of the molecule is CN(C)C(=O)C(C#N)C(=O)c1ccccc1Cl. The lowest BCUT2D eigenvalue weighted by molar-refractivity contribution is -0.129. The minimum atomic E-state index is -1.34. The van der Waals surface area contributed by atoms with Gasteiger partial charge < -0.3 is 4.90 Å². The van der Waals surface area contributed by atoms with Crippen molar-refractivity contribution in [1.29, 1.82) is 5.26 Å². The molecule has 1 aromatic carbocycles. The molecule has 4 nitrogen and oxygen atoms in total. The number of nitriles is 1. The first-order valence-electron chi connectivity index (χ1n) is 4.88. The molecule has 0 heterocycles. The summed E-state index contributed by atoms with van der Waals surface area (Å²) >= 11 is 5.85. The van der Waals surface area contributed by atoms with E-state index in [9.17, 15) is 9.59 Å². The Balaban J connectivity index is 3.08. The van der Waals surface area contributed by atoms with Crippen LogP contribution in [-0.4, -0.2) is 30.7 Å². The fourth-order valence-electron chi connectivity index (χ4n) is 1.30. The number of carbonyl (C=O) groups excluding carboxylic acids is 2. The van der Waals surface area contributed by atoms with E-state index in [0.29, 0.717) is 0 Å². The lowest BCUT2D eigenvalue weighted by Gasteiger charge is -2.14. The first-order valence-corrected chi connectivity index (χ1v) is 5.26. The zero-order valence-corrected chi connectivity index (χ0v) is 10.2. The Hall–Kier alpha value is -1.86. The molecule has 17 heavy (non-hydrogen) atoms. The molecular formula is C12H11ClN2O2. The Bertz CT molecular complexity index is 492. The van der Waals surface area contributed by atoms with Gasteiger partial charge in [-0.25, -0.2) is 0 Å². The summed E-state index contributed by atoms with van der Waals surface area (Å²) in [5, 5.41) is 9.15. The molecule has 0 saturated heterocycles. The standard InChI is InChI=1S/C12H11ClN2O2/c1-15(2)12(17)9(7-14)11(16)8-5-3-4-6-10(8)13/h3-6,9H,1-2H3. The summed E-state index contributed by atoms with van der Waals surface area (Å²) in [7, 11) is 2.99. The largest absolute Gasteiger partial charge is 0.347 e. The van der Waals surface area contributed by atoms with Crippen molar-refractivity contribution < 1.29 is 9.59 Å². The highest BCUT2D eigenvalue weighted by molar-refractivity contribution is 6.34. The number of amides is 1. The second kappa shape index (κ2) is 5.46. The molecule has 0 fully saturated rings. The molecule has 1 amide bonds. The highest BCUT2D eigenvalue weighted by Gasteiger charge is 2.29. The highest BCUT2D eigenvalue weighted by Crippen LogP contribution is 2.19. The fourth-order valence-corrected chi connectivity index (χ4v) is 1.53. The van der Waals surface area contributed by atoms with E-state index in [4.69, 9.17) is 16.9 Å². The van der Waals surface area contributed by atoms with Crippen LogP contribution in [-0.2, 0) is 4.79 Å². The van der Waals surface area contributed by atoms with E-state index >= 15 is 0 Å². The lowest BCUT2D eigenvalue weighted by atomic mass is 9.98. The number of Topliss-reactive ketones (excluding diaryl/α,β-unsaturated/α-hetero) is 1. The second-order valence-electron chi connectivity index (χ2n) is 3.64. The summed E-state index contributed by atoms with van der Waals surface area (Å²) in [6, 6.07) is 8.06. The van der Waals surface area contributed by atoms with Crippen molar-refractivity contribution in [1.82, 2.24) is 4.90 Å². The first-order chi connectivity index (χ1) is 7.99. The van der Waals surface area contributed by atoms with Crippen molar-refractivity contribution in [2.75, 3.05) is 14.1 Å². The van der Waals surface area contributed by atoms with E-state index in [1.807, 2.05) is 0 Å². The van der Waals surface area contributed by atoms with Crippen LogP contribution in [0.3, 0.4) is 0 Å². The minimum absolute atomic E-state index is 0.191. The van der Waals surface area contributed by atoms with Crippen LogP contribution in [0, 0.1) is 17.2 Å². The number of carbonyl (C=O) groups is 2. The maximum absolute atomic E-state index is 12.0. The lowest BCUT2D eigenvalue weighted by Crippen LogP contribution is -2.33. The van der Waals surface area contributed by atoms with Gasteiger partial charge in [0, 0.05) is 19.7 Å². The third-order valence-electron chi connectivity index (χ3n) is 2.22. The third kappa shape index (κ3) is 2.83. The van der Waals surface area contributed by atoms with Gasteiger partial charge in [-0.1, -0.05) is 23.7 Å². The Morgan fingerprint density at radius 1 is 1.35 bits per heavy atom. The quantitative estimate of drug-likeness (QED) is 0.607. The average Bonchev–Trinajstić information content (AvgIpc) is 2.30. The molecule has 0 aliphatic heterocycles. The molecule has 5 heteroatoms. The van der Waals surface area contributed by atoms with Gasteiger partial charge in [0.2, 0.25) is 5.91 Å². The monoisotopic (exact) mass is 250 g/mol. The van der Waals surface area contributed by atoms with Gasteiger partial charge in [-0.3, -0.25) is 9.59 Å². The van der Waals surface area contributed by atoms with Crippen LogP contribution < -0.4 is 0 Å². The zero-order chi connectivity index (χ0) is 13.0. The number of hydrogen-bond acceptors (Lipinski definition) is 3. The predicted molar refractivity (Wildman–Crippen MR) is 63.6 cm³/mol. The molecular weight excluding hydrogens is 240 g/mol. The number of ketones is 1. The first kappa shape index (κ1) is 13.2. The van der Waals surface area contributed by atoms with E-state index < -0.39 is 17.6 Å². The predicted octanol–water partition coefficient (Wildman–Crippen LogP) is 1.75. The zero-order valence-electron chi connectivity index (χ0n) is 9.48. The van der Waals surface area contributed by atoms with Crippen LogP contribution in [0.5, 0.6) is 0 Å². The molecule has 1 rings (SSSR count). The molecule has 1 aromatic rings. The van der Waals surface area contributed by atoms with Crippen LogP contribution >= 0.6 is 11.6 Å². The third-order valence-corrected chi connectivity index (χ3v) is 2.55. The summed E-state index contributed by atoms with van der Waals surface area (Å²) < 4.78 is 0. The Labute approximate surface area is 104 Å². The molecule has 0 radical (unpaired) electrons. The minimum Gasteiger partial charge on any atom is -0.347 e. The average molecular weight is 251 g/mol. The van der Waals surface area contributed by atoms with Crippen molar-refractivity contribution in [3.05, 3.63) is 34.9 Å². The van der Waals surface area contributed by atoms with Crippen LogP contribution in [0.25, 0.3) is 0 Å². The van der Waals surface area contributed by atoms with E-state index in [0.717, 1.165) is 0 Å². The number of hydrogen-bond donors (Lipinski definition) is 0. The molecule has 0 N–H and O–H groups in total. The van der Waals surface area contributed by atoms with Gasteiger partial charge in [0.25, 0.3) is 0 Å². The Morgan fingerprint density at radius 2 is 1.94 bits per heavy atom. The maximum atomic E-state index is 12.0. The van der Waals surface area contributed by atoms with Crippen molar-refractivity contribution in [2.24, 2.45) is 5.92 Å². The van der Waals surface area contributed by atoms with E-state index in [-0.39, 0.29) is 10.6 Å².